The van der Waals surface area contributed by atoms with Gasteiger partial charge in [-0.05, 0) is 12.8 Å². The highest BCUT2D eigenvalue weighted by atomic mass is 16.3. The van der Waals surface area contributed by atoms with Crippen molar-refractivity contribution >= 4 is 0 Å². The summed E-state index contributed by atoms with van der Waals surface area (Å²) in [4.78, 5) is 0. The summed E-state index contributed by atoms with van der Waals surface area (Å²) >= 11 is 0. The maximum Gasteiger partial charge on any atom is 0.0666 e. The fraction of sp³-hybridized carbons (Fsp3) is 0.889. The minimum absolute atomic E-state index is 0.0119. The molecule has 0 aromatic heterocycles. The maximum atomic E-state index is 8.94. The van der Waals surface area contributed by atoms with E-state index in [1.165, 1.54) is 0 Å². The van der Waals surface area contributed by atoms with E-state index in [1.54, 1.807) is 0 Å². The maximum absolute atomic E-state index is 8.94. The van der Waals surface area contributed by atoms with E-state index in [2.05, 4.69) is 11.4 Å². The van der Waals surface area contributed by atoms with Crippen LogP contribution in [0.5, 0.6) is 0 Å². The van der Waals surface area contributed by atoms with Crippen molar-refractivity contribution in [1.29, 1.82) is 5.26 Å². The van der Waals surface area contributed by atoms with Gasteiger partial charge in [0, 0.05) is 12.6 Å². The zero-order valence-corrected chi connectivity index (χ0v) is 8.04. The molecule has 2 N–H and O–H groups in total. The molecule has 0 heterocycles. The predicted octanol–water partition coefficient (Wildman–Crippen LogP) is 0.753. The Labute approximate surface area is 74.4 Å². The van der Waals surface area contributed by atoms with Crippen LogP contribution in [0.2, 0.25) is 0 Å². The van der Waals surface area contributed by atoms with E-state index in [9.17, 15) is 0 Å². The summed E-state index contributed by atoms with van der Waals surface area (Å²) in [5.41, 5.74) is 0. The molecule has 0 rings (SSSR count). The molecule has 0 bridgehead atoms. The normalized spacial score (nSPS) is 15.7. The average Bonchev–Trinajstić information content (AvgIpc) is 2.04. The molecule has 3 heteroatoms. The quantitative estimate of drug-likeness (QED) is 0.640. The number of hydrogen-bond donors (Lipinski definition) is 2. The highest BCUT2D eigenvalue weighted by Gasteiger charge is 2.11. The Morgan fingerprint density at radius 2 is 2.00 bits per heavy atom. The van der Waals surface area contributed by atoms with Crippen molar-refractivity contribution in [3.8, 4) is 6.07 Å². The zero-order valence-electron chi connectivity index (χ0n) is 8.04. The molecule has 0 aromatic rings. The SMILES string of the molecule is CC(C#N)CN[C@H](CO)C(C)C. The van der Waals surface area contributed by atoms with Gasteiger partial charge < -0.3 is 10.4 Å². The summed E-state index contributed by atoms with van der Waals surface area (Å²) in [5.74, 6) is 0.415. The molecule has 0 fully saturated rings. The second-order valence-electron chi connectivity index (χ2n) is 3.47. The lowest BCUT2D eigenvalue weighted by Crippen LogP contribution is -2.39. The summed E-state index contributed by atoms with van der Waals surface area (Å²) in [6, 6.07) is 2.25. The van der Waals surface area contributed by atoms with Crippen molar-refractivity contribution in [2.75, 3.05) is 13.2 Å². The van der Waals surface area contributed by atoms with E-state index >= 15 is 0 Å². The topological polar surface area (TPSA) is 56.0 Å². The fourth-order valence-corrected chi connectivity index (χ4v) is 0.885. The third-order valence-corrected chi connectivity index (χ3v) is 1.91. The van der Waals surface area contributed by atoms with Gasteiger partial charge in [0.05, 0.1) is 18.6 Å². The fourth-order valence-electron chi connectivity index (χ4n) is 0.885. The Morgan fingerprint density at radius 1 is 1.42 bits per heavy atom. The molecule has 70 valence electrons. The van der Waals surface area contributed by atoms with Crippen molar-refractivity contribution in [3.63, 3.8) is 0 Å². The summed E-state index contributed by atoms with van der Waals surface area (Å²) in [6.07, 6.45) is 0. The van der Waals surface area contributed by atoms with Gasteiger partial charge in [-0.15, -0.1) is 0 Å². The van der Waals surface area contributed by atoms with Crippen LogP contribution in [0, 0.1) is 23.2 Å². The van der Waals surface area contributed by atoms with Crippen molar-refractivity contribution < 1.29 is 5.11 Å². The van der Waals surface area contributed by atoms with Crippen LogP contribution in [0.25, 0.3) is 0 Å². The van der Waals surface area contributed by atoms with Gasteiger partial charge >= 0.3 is 0 Å². The molecule has 12 heavy (non-hydrogen) atoms. The van der Waals surface area contributed by atoms with E-state index in [0.717, 1.165) is 0 Å². The van der Waals surface area contributed by atoms with E-state index in [-0.39, 0.29) is 18.6 Å². The molecule has 0 saturated heterocycles. The number of nitrogens with zero attached hydrogens (tertiary/aromatic N) is 1. The Balaban J connectivity index is 3.67. The molecule has 0 saturated carbocycles. The lowest BCUT2D eigenvalue weighted by atomic mass is 10.0. The molecule has 0 aromatic carbocycles. The summed E-state index contributed by atoms with van der Waals surface area (Å²) in [5, 5.41) is 20.6. The molecule has 2 atom stereocenters. The van der Waals surface area contributed by atoms with Crippen LogP contribution in [0.1, 0.15) is 20.8 Å². The minimum Gasteiger partial charge on any atom is -0.395 e. The van der Waals surface area contributed by atoms with E-state index < -0.39 is 0 Å². The molecule has 0 amide bonds. The summed E-state index contributed by atoms with van der Waals surface area (Å²) in [6.45, 7) is 6.74. The van der Waals surface area contributed by atoms with Gasteiger partial charge in [0.2, 0.25) is 0 Å². The molecule has 0 spiro atoms. The largest absolute Gasteiger partial charge is 0.395 e. The smallest absolute Gasteiger partial charge is 0.0666 e. The number of nitriles is 1. The number of aliphatic hydroxyl groups is 1. The Bertz CT molecular complexity index is 151. The van der Waals surface area contributed by atoms with Crippen LogP contribution >= 0.6 is 0 Å². The predicted molar refractivity (Wildman–Crippen MR) is 48.5 cm³/mol. The van der Waals surface area contributed by atoms with Gasteiger partial charge in [0.1, 0.15) is 0 Å². The number of nitrogens with one attached hydrogen (secondary N) is 1. The first-order valence-electron chi connectivity index (χ1n) is 4.35. The first-order chi connectivity index (χ1) is 5.61. The summed E-state index contributed by atoms with van der Waals surface area (Å²) < 4.78 is 0. The van der Waals surface area contributed by atoms with Crippen LogP contribution in [0.4, 0.5) is 0 Å². The Morgan fingerprint density at radius 3 is 2.33 bits per heavy atom. The van der Waals surface area contributed by atoms with Gasteiger partial charge in [0.25, 0.3) is 0 Å². The van der Waals surface area contributed by atoms with Crippen molar-refractivity contribution in [3.05, 3.63) is 0 Å². The zero-order chi connectivity index (χ0) is 9.56. The van der Waals surface area contributed by atoms with E-state index in [4.69, 9.17) is 10.4 Å². The second kappa shape index (κ2) is 5.99. The number of aliphatic hydroxyl groups excluding tert-OH is 1. The van der Waals surface area contributed by atoms with Crippen molar-refractivity contribution in [2.24, 2.45) is 11.8 Å². The average molecular weight is 170 g/mol. The number of hydrogen-bond acceptors (Lipinski definition) is 3. The second-order valence-corrected chi connectivity index (χ2v) is 3.47. The van der Waals surface area contributed by atoms with Gasteiger partial charge in [-0.25, -0.2) is 0 Å². The molecule has 3 nitrogen and oxygen atoms in total. The van der Waals surface area contributed by atoms with E-state index in [0.29, 0.717) is 12.5 Å². The molecule has 0 aliphatic carbocycles. The third-order valence-electron chi connectivity index (χ3n) is 1.91. The minimum atomic E-state index is 0.0119. The summed E-state index contributed by atoms with van der Waals surface area (Å²) in [7, 11) is 0. The van der Waals surface area contributed by atoms with Gasteiger partial charge in [-0.3, -0.25) is 0 Å². The Kier molecular flexibility index (Phi) is 5.69. The molecule has 0 aliphatic rings. The van der Waals surface area contributed by atoms with Crippen LogP contribution in [0.15, 0.2) is 0 Å². The van der Waals surface area contributed by atoms with Crippen LogP contribution in [-0.2, 0) is 0 Å². The monoisotopic (exact) mass is 170 g/mol. The van der Waals surface area contributed by atoms with Crippen LogP contribution in [0.3, 0.4) is 0 Å². The molecule has 1 unspecified atom stereocenters. The molecular weight excluding hydrogens is 152 g/mol. The van der Waals surface area contributed by atoms with Crippen LogP contribution < -0.4 is 5.32 Å². The van der Waals surface area contributed by atoms with E-state index in [1.807, 2.05) is 20.8 Å². The van der Waals surface area contributed by atoms with Gasteiger partial charge in [-0.1, -0.05) is 13.8 Å². The van der Waals surface area contributed by atoms with Crippen molar-refractivity contribution in [1.82, 2.24) is 5.32 Å². The molecule has 0 radical (unpaired) electrons. The first kappa shape index (κ1) is 11.4. The lowest BCUT2D eigenvalue weighted by molar-refractivity contribution is 0.209. The highest BCUT2D eigenvalue weighted by Crippen LogP contribution is 2.01. The molecular formula is C9H18N2O. The van der Waals surface area contributed by atoms with Crippen LogP contribution in [-0.4, -0.2) is 24.3 Å². The molecule has 0 aliphatic heterocycles. The van der Waals surface area contributed by atoms with Gasteiger partial charge in [0.15, 0.2) is 0 Å². The first-order valence-corrected chi connectivity index (χ1v) is 4.35. The standard InChI is InChI=1S/C9H18N2O/c1-7(2)9(6-12)11-5-8(3)4-10/h7-9,11-12H,5-6H2,1-3H3/t8?,9-/m1/s1. The Hall–Kier alpha value is -0.590. The highest BCUT2D eigenvalue weighted by molar-refractivity contribution is 4.82. The number of rotatable bonds is 5. The lowest BCUT2D eigenvalue weighted by Gasteiger charge is -2.20. The van der Waals surface area contributed by atoms with Gasteiger partial charge in [-0.2, -0.15) is 5.26 Å². The third kappa shape index (κ3) is 4.32. The van der Waals surface area contributed by atoms with Crippen molar-refractivity contribution in [2.45, 2.75) is 26.8 Å².